The van der Waals surface area contributed by atoms with Crippen molar-refractivity contribution in [3.8, 4) is 5.75 Å². The van der Waals surface area contributed by atoms with Gasteiger partial charge in [-0.2, -0.15) is 0 Å². The first kappa shape index (κ1) is 15.7. The molecule has 4 rings (SSSR count). The zero-order valence-electron chi connectivity index (χ0n) is 14.2. The lowest BCUT2D eigenvalue weighted by Crippen LogP contribution is -2.44. The van der Waals surface area contributed by atoms with E-state index in [2.05, 4.69) is 18.7 Å². The molecule has 1 fully saturated rings. The smallest absolute Gasteiger partial charge is 0.339 e. The Balaban J connectivity index is 1.79. The van der Waals surface area contributed by atoms with Gasteiger partial charge in [0.15, 0.2) is 0 Å². The number of phenolic OH excluding ortho intramolecular Hbond substituents is 1. The van der Waals surface area contributed by atoms with Crippen molar-refractivity contribution in [1.29, 1.82) is 0 Å². The molecule has 0 saturated carbocycles. The van der Waals surface area contributed by atoms with Crippen LogP contribution in [0.15, 0.2) is 21.3 Å². The number of benzene rings is 1. The Hall–Kier alpha value is -1.85. The number of aryl methyl sites for hydroxylation is 1. The highest BCUT2D eigenvalue weighted by atomic mass is 16.5. The third-order valence-electron chi connectivity index (χ3n) is 5.10. The molecule has 1 aliphatic carbocycles. The highest BCUT2D eigenvalue weighted by Crippen LogP contribution is 2.34. The summed E-state index contributed by atoms with van der Waals surface area (Å²) in [6.07, 6.45) is 3.01. The first-order valence-electron chi connectivity index (χ1n) is 8.70. The van der Waals surface area contributed by atoms with Crippen molar-refractivity contribution in [2.24, 2.45) is 0 Å². The van der Waals surface area contributed by atoms with E-state index in [1.54, 1.807) is 6.07 Å². The van der Waals surface area contributed by atoms with E-state index in [4.69, 9.17) is 9.15 Å². The summed E-state index contributed by atoms with van der Waals surface area (Å²) in [6, 6.07) is 3.61. The molecule has 2 unspecified atom stereocenters. The first-order chi connectivity index (χ1) is 11.5. The summed E-state index contributed by atoms with van der Waals surface area (Å²) < 4.78 is 11.4. The molecule has 1 aliphatic heterocycles. The second-order valence-corrected chi connectivity index (χ2v) is 7.09. The minimum absolute atomic E-state index is 0.155. The van der Waals surface area contributed by atoms with Crippen LogP contribution in [0.3, 0.4) is 0 Å². The second-order valence-electron chi connectivity index (χ2n) is 7.09. The fourth-order valence-corrected chi connectivity index (χ4v) is 4.18. The van der Waals surface area contributed by atoms with Crippen LogP contribution < -0.4 is 5.63 Å². The van der Waals surface area contributed by atoms with Gasteiger partial charge in [0.2, 0.25) is 0 Å². The number of rotatable bonds is 2. The zero-order chi connectivity index (χ0) is 16.8. The number of phenols is 1. The van der Waals surface area contributed by atoms with Gasteiger partial charge in [-0.3, -0.25) is 4.90 Å². The van der Waals surface area contributed by atoms with Gasteiger partial charge >= 0.3 is 5.63 Å². The van der Waals surface area contributed by atoms with Crippen LogP contribution in [0.4, 0.5) is 0 Å². The van der Waals surface area contributed by atoms with Gasteiger partial charge in [-0.25, -0.2) is 4.79 Å². The van der Waals surface area contributed by atoms with Crippen molar-refractivity contribution in [2.45, 2.75) is 51.9 Å². The lowest BCUT2D eigenvalue weighted by Gasteiger charge is -2.35. The Morgan fingerprint density at radius 2 is 1.88 bits per heavy atom. The summed E-state index contributed by atoms with van der Waals surface area (Å²) in [5.74, 6) is 0.190. The Bertz CT molecular complexity index is 831. The largest absolute Gasteiger partial charge is 0.507 e. The van der Waals surface area contributed by atoms with Crippen molar-refractivity contribution in [2.75, 3.05) is 13.1 Å². The van der Waals surface area contributed by atoms with E-state index in [1.807, 2.05) is 6.07 Å². The van der Waals surface area contributed by atoms with Gasteiger partial charge in [-0.15, -0.1) is 0 Å². The van der Waals surface area contributed by atoms with Crippen molar-refractivity contribution in [1.82, 2.24) is 4.90 Å². The van der Waals surface area contributed by atoms with E-state index in [0.29, 0.717) is 17.7 Å². The molecule has 1 saturated heterocycles. The number of hydrogen-bond acceptors (Lipinski definition) is 5. The molecule has 0 amide bonds. The van der Waals surface area contributed by atoms with E-state index in [9.17, 15) is 9.90 Å². The van der Waals surface area contributed by atoms with Crippen LogP contribution >= 0.6 is 0 Å². The van der Waals surface area contributed by atoms with Crippen molar-refractivity contribution in [3.05, 3.63) is 39.2 Å². The molecule has 24 heavy (non-hydrogen) atoms. The summed E-state index contributed by atoms with van der Waals surface area (Å²) >= 11 is 0. The molecule has 2 heterocycles. The lowest BCUT2D eigenvalue weighted by atomic mass is 10.0. The van der Waals surface area contributed by atoms with Crippen LogP contribution in [0.1, 0.15) is 37.0 Å². The number of nitrogens with zero attached hydrogens (tertiary/aromatic N) is 1. The van der Waals surface area contributed by atoms with Crippen LogP contribution in [-0.4, -0.2) is 35.3 Å². The van der Waals surface area contributed by atoms with Crippen molar-refractivity contribution in [3.63, 3.8) is 0 Å². The van der Waals surface area contributed by atoms with E-state index in [1.165, 1.54) is 0 Å². The summed E-state index contributed by atoms with van der Waals surface area (Å²) in [5.41, 5.74) is 2.93. The van der Waals surface area contributed by atoms with Crippen molar-refractivity contribution >= 4 is 11.0 Å². The van der Waals surface area contributed by atoms with Crippen LogP contribution in [0.5, 0.6) is 5.75 Å². The van der Waals surface area contributed by atoms with Gasteiger partial charge in [-0.05, 0) is 50.8 Å². The number of ether oxygens (including phenoxy) is 1. The summed E-state index contributed by atoms with van der Waals surface area (Å²) in [5, 5.41) is 11.4. The maximum absolute atomic E-state index is 12.3. The monoisotopic (exact) mass is 329 g/mol. The summed E-state index contributed by atoms with van der Waals surface area (Å²) in [6.45, 7) is 6.27. The standard InChI is InChI=1S/C19H23NO4/c1-11-8-20(9-12(2)23-11)10-16-17(21)7-6-14-13-4-3-5-15(13)19(22)24-18(14)16/h6-7,11-12,21H,3-5,8-10H2,1-2H3. The third-order valence-corrected chi connectivity index (χ3v) is 5.10. The van der Waals surface area contributed by atoms with E-state index >= 15 is 0 Å². The van der Waals surface area contributed by atoms with Gasteiger partial charge in [-0.1, -0.05) is 0 Å². The van der Waals surface area contributed by atoms with Crippen molar-refractivity contribution < 1.29 is 14.3 Å². The zero-order valence-corrected chi connectivity index (χ0v) is 14.2. The average Bonchev–Trinajstić information content (AvgIpc) is 3.00. The SMILES string of the molecule is CC1CN(Cc2c(O)ccc3c4c(c(=O)oc23)CCC4)CC(C)O1. The molecule has 128 valence electrons. The minimum atomic E-state index is -0.245. The Morgan fingerprint density at radius 1 is 1.17 bits per heavy atom. The highest BCUT2D eigenvalue weighted by molar-refractivity contribution is 5.86. The summed E-state index contributed by atoms with van der Waals surface area (Å²) in [7, 11) is 0. The van der Waals surface area contributed by atoms with Gasteiger partial charge in [0, 0.05) is 30.6 Å². The molecular formula is C19H23NO4. The van der Waals surface area contributed by atoms with Crippen LogP contribution in [0, 0.1) is 0 Å². The second kappa shape index (κ2) is 5.90. The van der Waals surface area contributed by atoms with Crippen LogP contribution in [0.2, 0.25) is 0 Å². The average molecular weight is 329 g/mol. The molecular weight excluding hydrogens is 306 g/mol. The molecule has 5 heteroatoms. The van der Waals surface area contributed by atoms with Crippen LogP contribution in [0.25, 0.3) is 11.0 Å². The predicted octanol–water partition coefficient (Wildman–Crippen LogP) is 2.60. The molecule has 1 N–H and O–H groups in total. The first-order valence-corrected chi connectivity index (χ1v) is 8.70. The molecule has 1 aromatic heterocycles. The summed E-state index contributed by atoms with van der Waals surface area (Å²) in [4.78, 5) is 14.6. The molecule has 2 aliphatic rings. The van der Waals surface area contributed by atoms with Gasteiger partial charge < -0.3 is 14.3 Å². The maximum Gasteiger partial charge on any atom is 0.339 e. The molecule has 1 aromatic carbocycles. The number of fused-ring (bicyclic) bond motifs is 3. The minimum Gasteiger partial charge on any atom is -0.507 e. The van der Waals surface area contributed by atoms with E-state index < -0.39 is 0 Å². The number of hydrogen-bond donors (Lipinski definition) is 1. The van der Waals surface area contributed by atoms with E-state index in [0.717, 1.165) is 48.9 Å². The number of morpholine rings is 1. The highest BCUT2D eigenvalue weighted by Gasteiger charge is 2.26. The lowest BCUT2D eigenvalue weighted by molar-refractivity contribution is -0.0705. The Kier molecular flexibility index (Phi) is 3.85. The molecule has 2 aromatic rings. The molecule has 5 nitrogen and oxygen atoms in total. The maximum atomic E-state index is 12.3. The quantitative estimate of drug-likeness (QED) is 0.858. The third kappa shape index (κ3) is 2.62. The Morgan fingerprint density at radius 3 is 2.62 bits per heavy atom. The van der Waals surface area contributed by atoms with E-state index in [-0.39, 0.29) is 23.6 Å². The van der Waals surface area contributed by atoms with Gasteiger partial charge in [0.25, 0.3) is 0 Å². The Labute approximate surface area is 140 Å². The van der Waals surface area contributed by atoms with Crippen LogP contribution in [-0.2, 0) is 24.1 Å². The fourth-order valence-electron chi connectivity index (χ4n) is 4.18. The molecule has 0 radical (unpaired) electrons. The molecule has 0 bridgehead atoms. The topological polar surface area (TPSA) is 62.9 Å². The fraction of sp³-hybridized carbons (Fsp3) is 0.526. The number of aromatic hydroxyl groups is 1. The molecule has 0 spiro atoms. The predicted molar refractivity (Wildman–Crippen MR) is 91.5 cm³/mol. The molecule has 2 atom stereocenters. The normalized spacial score (nSPS) is 24.4. The van der Waals surface area contributed by atoms with Gasteiger partial charge in [0.1, 0.15) is 11.3 Å². The van der Waals surface area contributed by atoms with Gasteiger partial charge in [0.05, 0.1) is 17.8 Å².